The molecule has 0 bridgehead atoms. The predicted octanol–water partition coefficient (Wildman–Crippen LogP) is 1.19. The summed E-state index contributed by atoms with van der Waals surface area (Å²) in [7, 11) is -0.165. The summed E-state index contributed by atoms with van der Waals surface area (Å²) in [6, 6.07) is 7.28. The Morgan fingerprint density at radius 3 is 2.70 bits per heavy atom. The Labute approximate surface area is 142 Å². The van der Waals surface area contributed by atoms with Crippen LogP contribution in [0.2, 0.25) is 0 Å². The van der Waals surface area contributed by atoms with Gasteiger partial charge in [-0.15, -0.1) is 12.4 Å². The van der Waals surface area contributed by atoms with Crippen LogP contribution in [0.3, 0.4) is 0 Å². The Morgan fingerprint density at radius 2 is 2.00 bits per heavy atom. The third-order valence-electron chi connectivity index (χ3n) is 3.10. The molecule has 7 nitrogen and oxygen atoms in total. The van der Waals surface area contributed by atoms with Gasteiger partial charge in [-0.05, 0) is 32.1 Å². The minimum atomic E-state index is -3.55. The molecule has 0 amide bonds. The van der Waals surface area contributed by atoms with E-state index in [2.05, 4.69) is 15.1 Å². The summed E-state index contributed by atoms with van der Waals surface area (Å²) in [6.45, 7) is 1.13. The van der Waals surface area contributed by atoms with Gasteiger partial charge < -0.3 is 10.1 Å². The molecule has 0 aliphatic carbocycles. The number of rotatable bonds is 8. The standard InChI is InChI=1S/C14H20N4O3S.ClH/c1-15-8-5-9-17-22(19,20)12-10-16-18(11-12)13-6-3-4-7-14(13)21-2;/h3-4,6-7,10-11,15,17H,5,8-9H2,1-2H3;1H. The molecule has 9 heteroatoms. The van der Waals surface area contributed by atoms with Crippen molar-refractivity contribution in [1.82, 2.24) is 19.8 Å². The first kappa shape index (κ1) is 19.4. The minimum Gasteiger partial charge on any atom is -0.494 e. The van der Waals surface area contributed by atoms with Crippen molar-refractivity contribution in [3.8, 4) is 11.4 Å². The van der Waals surface area contributed by atoms with Gasteiger partial charge in [0.1, 0.15) is 16.3 Å². The van der Waals surface area contributed by atoms with Crippen LogP contribution in [0.4, 0.5) is 0 Å². The fourth-order valence-electron chi connectivity index (χ4n) is 1.95. The van der Waals surface area contributed by atoms with Gasteiger partial charge in [0.2, 0.25) is 10.0 Å². The van der Waals surface area contributed by atoms with Gasteiger partial charge in [0.15, 0.2) is 0 Å². The van der Waals surface area contributed by atoms with E-state index in [1.54, 1.807) is 13.2 Å². The molecule has 128 valence electrons. The van der Waals surface area contributed by atoms with E-state index in [9.17, 15) is 8.42 Å². The van der Waals surface area contributed by atoms with E-state index < -0.39 is 10.0 Å². The minimum absolute atomic E-state index is 0. The largest absolute Gasteiger partial charge is 0.494 e. The second-order valence-corrected chi connectivity index (χ2v) is 6.41. The van der Waals surface area contributed by atoms with Crippen molar-refractivity contribution in [3.05, 3.63) is 36.7 Å². The summed E-state index contributed by atoms with van der Waals surface area (Å²) in [6.07, 6.45) is 3.52. The molecule has 1 aromatic heterocycles. The van der Waals surface area contributed by atoms with Crippen LogP contribution in [-0.2, 0) is 10.0 Å². The maximum atomic E-state index is 12.2. The molecular formula is C14H21ClN4O3S. The highest BCUT2D eigenvalue weighted by Crippen LogP contribution is 2.22. The highest BCUT2D eigenvalue weighted by molar-refractivity contribution is 7.89. The molecule has 0 fully saturated rings. The average molecular weight is 361 g/mol. The number of hydrogen-bond acceptors (Lipinski definition) is 5. The Balaban J connectivity index is 0.00000264. The number of nitrogens with zero attached hydrogens (tertiary/aromatic N) is 2. The van der Waals surface area contributed by atoms with Crippen molar-refractivity contribution in [1.29, 1.82) is 0 Å². The van der Waals surface area contributed by atoms with E-state index in [0.717, 1.165) is 13.0 Å². The molecule has 1 aromatic carbocycles. The smallest absolute Gasteiger partial charge is 0.243 e. The maximum Gasteiger partial charge on any atom is 0.243 e. The first-order valence-corrected chi connectivity index (χ1v) is 8.39. The van der Waals surface area contributed by atoms with Crippen molar-refractivity contribution in [2.45, 2.75) is 11.3 Å². The maximum absolute atomic E-state index is 12.2. The summed E-state index contributed by atoms with van der Waals surface area (Å²) in [5.74, 6) is 0.622. The summed E-state index contributed by atoms with van der Waals surface area (Å²) < 4.78 is 33.6. The SMILES string of the molecule is CNCCCNS(=O)(=O)c1cnn(-c2ccccc2OC)c1.Cl. The molecule has 2 aromatic rings. The van der Waals surface area contributed by atoms with Crippen LogP contribution in [0.25, 0.3) is 5.69 Å². The van der Waals surface area contributed by atoms with Crippen LogP contribution in [0.1, 0.15) is 6.42 Å². The van der Waals surface area contributed by atoms with Gasteiger partial charge in [0, 0.05) is 6.54 Å². The van der Waals surface area contributed by atoms with E-state index in [1.165, 1.54) is 17.1 Å². The Kier molecular flexibility index (Phi) is 7.50. The van der Waals surface area contributed by atoms with Gasteiger partial charge in [-0.1, -0.05) is 12.1 Å². The molecule has 0 saturated heterocycles. The van der Waals surface area contributed by atoms with Crippen molar-refractivity contribution >= 4 is 22.4 Å². The van der Waals surface area contributed by atoms with E-state index >= 15 is 0 Å². The molecule has 0 spiro atoms. The van der Waals surface area contributed by atoms with Crippen molar-refractivity contribution < 1.29 is 13.2 Å². The molecule has 23 heavy (non-hydrogen) atoms. The first-order chi connectivity index (χ1) is 10.6. The molecule has 0 radical (unpaired) electrons. The zero-order chi connectivity index (χ0) is 16.0. The van der Waals surface area contributed by atoms with Gasteiger partial charge in [-0.25, -0.2) is 17.8 Å². The molecule has 2 rings (SSSR count). The van der Waals surface area contributed by atoms with Crippen LogP contribution >= 0.6 is 12.4 Å². The van der Waals surface area contributed by atoms with E-state index in [-0.39, 0.29) is 17.3 Å². The fraction of sp³-hybridized carbons (Fsp3) is 0.357. The van der Waals surface area contributed by atoms with E-state index in [4.69, 9.17) is 4.74 Å². The topological polar surface area (TPSA) is 85.3 Å². The Hall–Kier alpha value is -1.61. The van der Waals surface area contributed by atoms with Crippen LogP contribution in [0.15, 0.2) is 41.6 Å². The van der Waals surface area contributed by atoms with Crippen LogP contribution in [-0.4, -0.2) is 45.4 Å². The lowest BCUT2D eigenvalue weighted by Crippen LogP contribution is -2.26. The summed E-state index contributed by atoms with van der Waals surface area (Å²) >= 11 is 0. The lowest BCUT2D eigenvalue weighted by atomic mass is 10.3. The van der Waals surface area contributed by atoms with Gasteiger partial charge in [0.25, 0.3) is 0 Å². The zero-order valence-corrected chi connectivity index (χ0v) is 14.7. The molecule has 1 heterocycles. The summed E-state index contributed by atoms with van der Waals surface area (Å²) in [5, 5.41) is 7.08. The molecule has 0 aliphatic heterocycles. The Morgan fingerprint density at radius 1 is 1.26 bits per heavy atom. The first-order valence-electron chi connectivity index (χ1n) is 6.91. The second kappa shape index (κ2) is 8.88. The van der Waals surface area contributed by atoms with Gasteiger partial charge in [-0.2, -0.15) is 5.10 Å². The fourth-order valence-corrected chi connectivity index (χ4v) is 2.96. The van der Waals surface area contributed by atoms with E-state index in [0.29, 0.717) is 18.0 Å². The second-order valence-electron chi connectivity index (χ2n) is 4.65. The van der Waals surface area contributed by atoms with Crippen molar-refractivity contribution in [2.75, 3.05) is 27.2 Å². The molecule has 2 N–H and O–H groups in total. The van der Waals surface area contributed by atoms with Crippen molar-refractivity contribution in [3.63, 3.8) is 0 Å². The third-order valence-corrected chi connectivity index (χ3v) is 4.51. The summed E-state index contributed by atoms with van der Waals surface area (Å²) in [5.41, 5.74) is 0.682. The van der Waals surface area contributed by atoms with E-state index in [1.807, 2.05) is 25.2 Å². The number of benzene rings is 1. The number of halogens is 1. The van der Waals surface area contributed by atoms with Gasteiger partial charge in [-0.3, -0.25) is 0 Å². The normalized spacial score (nSPS) is 11.0. The van der Waals surface area contributed by atoms with Crippen molar-refractivity contribution in [2.24, 2.45) is 0 Å². The van der Waals surface area contributed by atoms with Crippen LogP contribution < -0.4 is 14.8 Å². The molecule has 0 unspecified atom stereocenters. The lowest BCUT2D eigenvalue weighted by molar-refractivity contribution is 0.411. The molecular weight excluding hydrogens is 340 g/mol. The van der Waals surface area contributed by atoms with Crippen LogP contribution in [0, 0.1) is 0 Å². The lowest BCUT2D eigenvalue weighted by Gasteiger charge is -2.07. The van der Waals surface area contributed by atoms with Gasteiger partial charge in [0.05, 0.1) is 19.5 Å². The number of sulfonamides is 1. The number of methoxy groups -OCH3 is 1. The molecule has 0 saturated carbocycles. The average Bonchev–Trinajstić information content (AvgIpc) is 3.02. The Bertz CT molecular complexity index is 718. The molecule has 0 atom stereocenters. The highest BCUT2D eigenvalue weighted by Gasteiger charge is 2.17. The quantitative estimate of drug-likeness (QED) is 0.691. The van der Waals surface area contributed by atoms with Gasteiger partial charge >= 0.3 is 0 Å². The highest BCUT2D eigenvalue weighted by atomic mass is 35.5. The monoisotopic (exact) mass is 360 g/mol. The third kappa shape index (κ3) is 4.93. The predicted molar refractivity (Wildman–Crippen MR) is 91.1 cm³/mol. The number of para-hydroxylation sites is 2. The van der Waals surface area contributed by atoms with Crippen LogP contribution in [0.5, 0.6) is 5.75 Å². The number of nitrogens with one attached hydrogen (secondary N) is 2. The number of hydrogen-bond donors (Lipinski definition) is 2. The number of ether oxygens (including phenoxy) is 1. The molecule has 0 aliphatic rings. The summed E-state index contributed by atoms with van der Waals surface area (Å²) in [4.78, 5) is 0.128. The number of aromatic nitrogens is 2. The zero-order valence-electron chi connectivity index (χ0n) is 13.0.